The molecule has 7 heteroatoms. The molecule has 0 unspecified atom stereocenters. The number of aliphatic hydroxyl groups is 1. The van der Waals surface area contributed by atoms with Gasteiger partial charge in [0.15, 0.2) is 0 Å². The van der Waals surface area contributed by atoms with Crippen molar-refractivity contribution in [3.63, 3.8) is 0 Å². The maximum absolute atomic E-state index is 13.7. The van der Waals surface area contributed by atoms with Crippen molar-refractivity contribution >= 4 is 16.7 Å². The molecule has 1 saturated carbocycles. The van der Waals surface area contributed by atoms with Crippen molar-refractivity contribution in [3.8, 4) is 0 Å². The van der Waals surface area contributed by atoms with Crippen LogP contribution in [0.3, 0.4) is 0 Å². The SMILES string of the molecule is Cc1ccc(NCC2(O)CCC(=CCn3c(=O)ccc4ncc(F)cc43)CC2)cc1F. The number of rotatable bonds is 5. The number of fused-ring (bicyclic) bond motifs is 1. The molecule has 1 aliphatic carbocycles. The quantitative estimate of drug-likeness (QED) is 0.598. The smallest absolute Gasteiger partial charge is 0.251 e. The van der Waals surface area contributed by atoms with Crippen LogP contribution in [0.4, 0.5) is 14.5 Å². The van der Waals surface area contributed by atoms with Crippen LogP contribution in [-0.4, -0.2) is 26.8 Å². The molecule has 1 fully saturated rings. The van der Waals surface area contributed by atoms with Crippen molar-refractivity contribution in [3.05, 3.63) is 81.8 Å². The number of hydrogen-bond donors (Lipinski definition) is 2. The lowest BCUT2D eigenvalue weighted by Crippen LogP contribution is -2.39. The summed E-state index contributed by atoms with van der Waals surface area (Å²) in [6.07, 6.45) is 5.66. The zero-order chi connectivity index (χ0) is 22.0. The van der Waals surface area contributed by atoms with Gasteiger partial charge in [0.25, 0.3) is 5.56 Å². The van der Waals surface area contributed by atoms with Gasteiger partial charge in [0.1, 0.15) is 11.6 Å². The number of nitrogens with zero attached hydrogens (tertiary/aromatic N) is 2. The summed E-state index contributed by atoms with van der Waals surface area (Å²) in [4.78, 5) is 16.3. The monoisotopic (exact) mass is 425 g/mol. The Morgan fingerprint density at radius 2 is 1.97 bits per heavy atom. The van der Waals surface area contributed by atoms with Crippen LogP contribution in [0.5, 0.6) is 0 Å². The molecule has 1 aromatic carbocycles. The Hall–Kier alpha value is -3.06. The van der Waals surface area contributed by atoms with Crippen LogP contribution in [0.15, 0.2) is 59.0 Å². The van der Waals surface area contributed by atoms with Crippen LogP contribution >= 0.6 is 0 Å². The maximum Gasteiger partial charge on any atom is 0.251 e. The summed E-state index contributed by atoms with van der Waals surface area (Å²) in [5.41, 5.74) is 2.33. The number of nitrogens with one attached hydrogen (secondary N) is 1. The van der Waals surface area contributed by atoms with Gasteiger partial charge in [-0.05, 0) is 56.4 Å². The Morgan fingerprint density at radius 3 is 2.71 bits per heavy atom. The van der Waals surface area contributed by atoms with E-state index in [0.29, 0.717) is 61.1 Å². The molecule has 162 valence electrons. The third kappa shape index (κ3) is 4.82. The molecule has 0 atom stereocenters. The lowest BCUT2D eigenvalue weighted by atomic mass is 9.82. The highest BCUT2D eigenvalue weighted by Gasteiger charge is 2.30. The molecule has 2 aromatic heterocycles. The van der Waals surface area contributed by atoms with Gasteiger partial charge in [-0.3, -0.25) is 9.78 Å². The summed E-state index contributed by atoms with van der Waals surface area (Å²) in [5, 5.41) is 14.0. The standard InChI is InChI=1S/C24H25F2N3O2/c1-16-2-3-19(13-20(16)26)28-15-24(31)9-6-17(7-10-24)8-11-29-22-12-18(25)14-27-21(22)4-5-23(29)30/h2-5,8,12-14,28,31H,6-7,9-11,15H2,1H3. The van der Waals surface area contributed by atoms with Crippen LogP contribution in [0.25, 0.3) is 11.0 Å². The van der Waals surface area contributed by atoms with Gasteiger partial charge in [0.05, 0.1) is 22.8 Å². The van der Waals surface area contributed by atoms with Crippen molar-refractivity contribution in [2.24, 2.45) is 0 Å². The molecule has 5 nitrogen and oxygen atoms in total. The molecule has 0 spiro atoms. The van der Waals surface area contributed by atoms with E-state index in [2.05, 4.69) is 10.3 Å². The van der Waals surface area contributed by atoms with E-state index in [4.69, 9.17) is 0 Å². The van der Waals surface area contributed by atoms with Crippen LogP contribution in [-0.2, 0) is 6.54 Å². The van der Waals surface area contributed by atoms with Gasteiger partial charge in [0, 0.05) is 30.9 Å². The molecule has 0 radical (unpaired) electrons. The van der Waals surface area contributed by atoms with E-state index < -0.39 is 11.4 Å². The van der Waals surface area contributed by atoms with Gasteiger partial charge in [0.2, 0.25) is 0 Å². The van der Waals surface area contributed by atoms with Crippen molar-refractivity contribution in [2.45, 2.75) is 44.8 Å². The predicted octanol–water partition coefficient (Wildman–Crippen LogP) is 4.33. The predicted molar refractivity (Wildman–Crippen MR) is 117 cm³/mol. The number of aromatic nitrogens is 2. The Balaban J connectivity index is 1.40. The molecule has 0 amide bonds. The van der Waals surface area contributed by atoms with E-state index in [1.54, 1.807) is 25.1 Å². The summed E-state index contributed by atoms with van der Waals surface area (Å²) in [7, 11) is 0. The highest BCUT2D eigenvalue weighted by molar-refractivity contribution is 5.74. The van der Waals surface area contributed by atoms with Crippen LogP contribution in [0.2, 0.25) is 0 Å². The van der Waals surface area contributed by atoms with E-state index in [0.717, 1.165) is 11.8 Å². The number of halogens is 2. The van der Waals surface area contributed by atoms with Gasteiger partial charge in [-0.15, -0.1) is 0 Å². The van der Waals surface area contributed by atoms with E-state index in [9.17, 15) is 18.7 Å². The fourth-order valence-electron chi connectivity index (χ4n) is 3.94. The number of pyridine rings is 2. The van der Waals surface area contributed by atoms with E-state index in [1.807, 2.05) is 6.08 Å². The van der Waals surface area contributed by atoms with Gasteiger partial charge >= 0.3 is 0 Å². The van der Waals surface area contributed by atoms with Gasteiger partial charge < -0.3 is 15.0 Å². The summed E-state index contributed by atoms with van der Waals surface area (Å²) in [6.45, 7) is 2.38. The highest BCUT2D eigenvalue weighted by atomic mass is 19.1. The fraction of sp³-hybridized carbons (Fsp3) is 0.333. The van der Waals surface area contributed by atoms with E-state index in [1.165, 1.54) is 22.8 Å². The average molecular weight is 425 g/mol. The Morgan fingerprint density at radius 1 is 1.19 bits per heavy atom. The maximum atomic E-state index is 13.7. The Labute approximate surface area is 179 Å². The topological polar surface area (TPSA) is 67.2 Å². The highest BCUT2D eigenvalue weighted by Crippen LogP contribution is 2.32. The first-order valence-electron chi connectivity index (χ1n) is 10.4. The number of allylic oxidation sites excluding steroid dienone is 2. The first-order chi connectivity index (χ1) is 14.8. The van der Waals surface area contributed by atoms with Crippen LogP contribution in [0.1, 0.15) is 31.2 Å². The summed E-state index contributed by atoms with van der Waals surface area (Å²) < 4.78 is 28.8. The number of benzene rings is 1. The third-order valence-corrected chi connectivity index (χ3v) is 5.98. The summed E-state index contributed by atoms with van der Waals surface area (Å²) in [6, 6.07) is 9.29. The Bertz CT molecular complexity index is 1190. The van der Waals surface area contributed by atoms with E-state index in [-0.39, 0.29) is 11.4 Å². The van der Waals surface area contributed by atoms with Crippen molar-refractivity contribution in [2.75, 3.05) is 11.9 Å². The molecule has 3 aromatic rings. The largest absolute Gasteiger partial charge is 0.388 e. The summed E-state index contributed by atoms with van der Waals surface area (Å²) >= 11 is 0. The first-order valence-corrected chi connectivity index (χ1v) is 10.4. The third-order valence-electron chi connectivity index (χ3n) is 5.98. The average Bonchev–Trinajstić information content (AvgIpc) is 2.75. The minimum atomic E-state index is -0.873. The van der Waals surface area contributed by atoms with Gasteiger partial charge in [-0.2, -0.15) is 0 Å². The number of hydrogen-bond acceptors (Lipinski definition) is 4. The lowest BCUT2D eigenvalue weighted by Gasteiger charge is -2.34. The molecule has 31 heavy (non-hydrogen) atoms. The van der Waals surface area contributed by atoms with Crippen LogP contribution in [0, 0.1) is 18.6 Å². The molecule has 2 heterocycles. The second kappa shape index (κ2) is 8.59. The second-order valence-corrected chi connectivity index (χ2v) is 8.24. The molecule has 0 aliphatic heterocycles. The molecule has 0 bridgehead atoms. The molecular weight excluding hydrogens is 400 g/mol. The first kappa shape index (κ1) is 21.2. The van der Waals surface area contributed by atoms with Crippen molar-refractivity contribution < 1.29 is 13.9 Å². The van der Waals surface area contributed by atoms with Crippen molar-refractivity contribution in [1.82, 2.24) is 9.55 Å². The molecule has 4 rings (SSSR count). The molecule has 0 saturated heterocycles. The minimum Gasteiger partial charge on any atom is -0.388 e. The van der Waals surface area contributed by atoms with Gasteiger partial charge in [-0.1, -0.05) is 17.7 Å². The minimum absolute atomic E-state index is 0.210. The second-order valence-electron chi connectivity index (χ2n) is 8.24. The normalized spacial score (nSPS) is 18.9. The van der Waals surface area contributed by atoms with E-state index >= 15 is 0 Å². The number of aryl methyl sites for hydroxylation is 1. The summed E-state index contributed by atoms with van der Waals surface area (Å²) in [5.74, 6) is -0.757. The van der Waals surface area contributed by atoms with Crippen molar-refractivity contribution in [1.29, 1.82) is 0 Å². The van der Waals surface area contributed by atoms with Gasteiger partial charge in [-0.25, -0.2) is 8.78 Å². The zero-order valence-corrected chi connectivity index (χ0v) is 17.4. The number of anilines is 1. The molecule has 1 aliphatic rings. The van der Waals surface area contributed by atoms with Crippen LogP contribution < -0.4 is 10.9 Å². The Kier molecular flexibility index (Phi) is 5.87. The zero-order valence-electron chi connectivity index (χ0n) is 17.4. The lowest BCUT2D eigenvalue weighted by molar-refractivity contribution is 0.0266. The molecule has 2 N–H and O–H groups in total. The molecular formula is C24H25F2N3O2. The fourth-order valence-corrected chi connectivity index (χ4v) is 3.94.